The van der Waals surface area contributed by atoms with Crippen LogP contribution < -0.4 is 14.8 Å². The molecule has 0 spiro atoms. The molecule has 2 aromatic rings. The number of nitrogens with zero attached hydrogens (tertiary/aromatic N) is 2. The minimum atomic E-state index is 0.0742. The standard InChI is InChI=1S/C14H19N3O3/c1-19-13-3-4-14(20-2)11(7-13)8-15-12-9-16-17(10-12)5-6-18/h3-4,7,9-10,15,18H,5-6,8H2,1-2H3. The molecule has 20 heavy (non-hydrogen) atoms. The van der Waals surface area contributed by atoms with Gasteiger partial charge >= 0.3 is 0 Å². The number of anilines is 1. The summed E-state index contributed by atoms with van der Waals surface area (Å²) < 4.78 is 12.2. The van der Waals surface area contributed by atoms with Crippen LogP contribution in [0, 0.1) is 0 Å². The summed E-state index contributed by atoms with van der Waals surface area (Å²) in [6.07, 6.45) is 3.57. The van der Waals surface area contributed by atoms with Crippen molar-refractivity contribution >= 4 is 5.69 Å². The van der Waals surface area contributed by atoms with Gasteiger partial charge in [-0.2, -0.15) is 5.10 Å². The summed E-state index contributed by atoms with van der Waals surface area (Å²) in [4.78, 5) is 0. The zero-order valence-electron chi connectivity index (χ0n) is 11.7. The molecule has 0 radical (unpaired) electrons. The number of ether oxygens (including phenoxy) is 2. The van der Waals surface area contributed by atoms with Crippen LogP contribution in [0.5, 0.6) is 11.5 Å². The van der Waals surface area contributed by atoms with Crippen LogP contribution in [0.2, 0.25) is 0 Å². The summed E-state index contributed by atoms with van der Waals surface area (Å²) in [7, 11) is 3.28. The van der Waals surface area contributed by atoms with Gasteiger partial charge in [-0.3, -0.25) is 4.68 Å². The summed E-state index contributed by atoms with van der Waals surface area (Å²) in [5.41, 5.74) is 1.89. The molecule has 0 unspecified atom stereocenters. The van der Waals surface area contributed by atoms with Crippen LogP contribution in [-0.4, -0.2) is 35.7 Å². The quantitative estimate of drug-likeness (QED) is 0.803. The summed E-state index contributed by atoms with van der Waals surface area (Å²) in [6, 6.07) is 5.68. The van der Waals surface area contributed by atoms with Crippen molar-refractivity contribution in [2.24, 2.45) is 0 Å². The number of methoxy groups -OCH3 is 2. The van der Waals surface area contributed by atoms with Gasteiger partial charge in [-0.15, -0.1) is 0 Å². The smallest absolute Gasteiger partial charge is 0.124 e. The van der Waals surface area contributed by atoms with Crippen LogP contribution in [0.1, 0.15) is 5.56 Å². The number of aromatic nitrogens is 2. The minimum absolute atomic E-state index is 0.0742. The molecular weight excluding hydrogens is 258 g/mol. The third kappa shape index (κ3) is 3.42. The summed E-state index contributed by atoms with van der Waals surface area (Å²) >= 11 is 0. The lowest BCUT2D eigenvalue weighted by Gasteiger charge is -2.11. The second-order valence-corrected chi connectivity index (χ2v) is 4.25. The fourth-order valence-electron chi connectivity index (χ4n) is 1.90. The second-order valence-electron chi connectivity index (χ2n) is 4.25. The lowest BCUT2D eigenvalue weighted by Crippen LogP contribution is -2.03. The number of aliphatic hydroxyl groups excluding tert-OH is 1. The highest BCUT2D eigenvalue weighted by molar-refractivity contribution is 5.45. The highest BCUT2D eigenvalue weighted by atomic mass is 16.5. The predicted octanol–water partition coefficient (Wildman–Crippen LogP) is 1.50. The molecule has 0 saturated carbocycles. The Morgan fingerprint density at radius 1 is 1.30 bits per heavy atom. The van der Waals surface area contributed by atoms with Crippen LogP contribution in [0.25, 0.3) is 0 Å². The van der Waals surface area contributed by atoms with Crippen molar-refractivity contribution in [1.29, 1.82) is 0 Å². The molecule has 6 nitrogen and oxygen atoms in total. The lowest BCUT2D eigenvalue weighted by atomic mass is 10.2. The van der Waals surface area contributed by atoms with Gasteiger partial charge in [-0.1, -0.05) is 0 Å². The number of benzene rings is 1. The number of hydrogen-bond acceptors (Lipinski definition) is 5. The Labute approximate surface area is 117 Å². The van der Waals surface area contributed by atoms with E-state index in [0.29, 0.717) is 13.1 Å². The maximum absolute atomic E-state index is 8.85. The van der Waals surface area contributed by atoms with Gasteiger partial charge in [0.25, 0.3) is 0 Å². The maximum atomic E-state index is 8.85. The van der Waals surface area contributed by atoms with Gasteiger partial charge in [0.15, 0.2) is 0 Å². The van der Waals surface area contributed by atoms with E-state index in [4.69, 9.17) is 14.6 Å². The minimum Gasteiger partial charge on any atom is -0.497 e. The third-order valence-corrected chi connectivity index (χ3v) is 2.93. The number of aliphatic hydroxyl groups is 1. The molecule has 0 atom stereocenters. The van der Waals surface area contributed by atoms with Crippen molar-refractivity contribution in [2.75, 3.05) is 26.1 Å². The average molecular weight is 277 g/mol. The van der Waals surface area contributed by atoms with Gasteiger partial charge < -0.3 is 19.9 Å². The lowest BCUT2D eigenvalue weighted by molar-refractivity contribution is 0.269. The molecule has 1 aromatic carbocycles. The topological polar surface area (TPSA) is 68.5 Å². The van der Waals surface area contributed by atoms with Crippen molar-refractivity contribution in [1.82, 2.24) is 9.78 Å². The molecule has 0 aliphatic rings. The van der Waals surface area contributed by atoms with E-state index < -0.39 is 0 Å². The van der Waals surface area contributed by atoms with E-state index in [0.717, 1.165) is 22.7 Å². The van der Waals surface area contributed by atoms with Gasteiger partial charge in [0.05, 0.1) is 39.3 Å². The number of rotatable bonds is 7. The molecule has 0 fully saturated rings. The van der Waals surface area contributed by atoms with Gasteiger partial charge in [0.1, 0.15) is 11.5 Å². The molecule has 1 heterocycles. The normalized spacial score (nSPS) is 10.3. The molecule has 0 amide bonds. The molecule has 2 N–H and O–H groups in total. The molecular formula is C14H19N3O3. The highest BCUT2D eigenvalue weighted by Crippen LogP contribution is 2.24. The third-order valence-electron chi connectivity index (χ3n) is 2.93. The summed E-state index contributed by atoms with van der Waals surface area (Å²) in [6.45, 7) is 1.17. The van der Waals surface area contributed by atoms with Gasteiger partial charge in [-0.05, 0) is 18.2 Å². The van der Waals surface area contributed by atoms with Crippen molar-refractivity contribution in [3.8, 4) is 11.5 Å². The van der Waals surface area contributed by atoms with Gasteiger partial charge in [-0.25, -0.2) is 0 Å². The van der Waals surface area contributed by atoms with Crippen molar-refractivity contribution in [2.45, 2.75) is 13.1 Å². The molecule has 2 rings (SSSR count). The monoisotopic (exact) mass is 277 g/mol. The van der Waals surface area contributed by atoms with Crippen molar-refractivity contribution in [3.05, 3.63) is 36.2 Å². The van der Waals surface area contributed by atoms with Gasteiger partial charge in [0, 0.05) is 18.3 Å². The van der Waals surface area contributed by atoms with E-state index in [1.807, 2.05) is 24.4 Å². The first kappa shape index (κ1) is 14.2. The Balaban J connectivity index is 2.05. The van der Waals surface area contributed by atoms with Crippen LogP contribution in [0.15, 0.2) is 30.6 Å². The Kier molecular flexibility index (Phi) is 4.84. The molecule has 0 bridgehead atoms. The van der Waals surface area contributed by atoms with Crippen molar-refractivity contribution in [3.63, 3.8) is 0 Å². The predicted molar refractivity (Wildman–Crippen MR) is 76.2 cm³/mol. The number of hydrogen-bond donors (Lipinski definition) is 2. The molecule has 0 saturated heterocycles. The number of nitrogens with one attached hydrogen (secondary N) is 1. The van der Waals surface area contributed by atoms with Crippen molar-refractivity contribution < 1.29 is 14.6 Å². The molecule has 1 aromatic heterocycles. The van der Waals surface area contributed by atoms with E-state index in [9.17, 15) is 0 Å². The molecule has 6 heteroatoms. The zero-order chi connectivity index (χ0) is 14.4. The average Bonchev–Trinajstić information content (AvgIpc) is 2.93. The maximum Gasteiger partial charge on any atom is 0.124 e. The SMILES string of the molecule is COc1ccc(OC)c(CNc2cnn(CCO)c2)c1. The van der Waals surface area contributed by atoms with E-state index in [1.165, 1.54) is 0 Å². The zero-order valence-corrected chi connectivity index (χ0v) is 11.7. The van der Waals surface area contributed by atoms with Crippen LogP contribution in [0.4, 0.5) is 5.69 Å². The van der Waals surface area contributed by atoms with Crippen LogP contribution in [-0.2, 0) is 13.1 Å². The molecule has 108 valence electrons. The Morgan fingerprint density at radius 2 is 2.15 bits per heavy atom. The van der Waals surface area contributed by atoms with E-state index >= 15 is 0 Å². The van der Waals surface area contributed by atoms with E-state index in [1.54, 1.807) is 25.1 Å². The van der Waals surface area contributed by atoms with Crippen LogP contribution >= 0.6 is 0 Å². The van der Waals surface area contributed by atoms with Gasteiger partial charge in [0.2, 0.25) is 0 Å². The van der Waals surface area contributed by atoms with Crippen LogP contribution in [0.3, 0.4) is 0 Å². The first-order chi connectivity index (χ1) is 9.76. The first-order valence-corrected chi connectivity index (χ1v) is 6.35. The molecule has 0 aliphatic heterocycles. The molecule has 0 aliphatic carbocycles. The summed E-state index contributed by atoms with van der Waals surface area (Å²) in [5, 5.41) is 16.2. The van der Waals surface area contributed by atoms with E-state index in [-0.39, 0.29) is 6.61 Å². The van der Waals surface area contributed by atoms with E-state index in [2.05, 4.69) is 10.4 Å². The highest BCUT2D eigenvalue weighted by Gasteiger charge is 2.05. The first-order valence-electron chi connectivity index (χ1n) is 6.35. The Morgan fingerprint density at radius 3 is 2.85 bits per heavy atom. The summed E-state index contributed by atoms with van der Waals surface area (Å²) in [5.74, 6) is 1.60. The fraction of sp³-hybridized carbons (Fsp3) is 0.357. The second kappa shape index (κ2) is 6.81. The fourth-order valence-corrected chi connectivity index (χ4v) is 1.90. The Bertz CT molecular complexity index is 554. The Hall–Kier alpha value is -2.21. The largest absolute Gasteiger partial charge is 0.497 e.